The third-order valence-corrected chi connectivity index (χ3v) is 5.07. The number of Topliss-reactive ketones (excluding diaryl/α,β-unsaturated/α-hetero) is 2. The van der Waals surface area contributed by atoms with E-state index in [1.54, 1.807) is 44.2 Å². The van der Waals surface area contributed by atoms with Crippen molar-refractivity contribution in [2.75, 3.05) is 20.8 Å². The maximum absolute atomic E-state index is 12.6. The summed E-state index contributed by atoms with van der Waals surface area (Å²) in [5, 5.41) is 10.6. The van der Waals surface area contributed by atoms with E-state index in [1.807, 2.05) is 0 Å². The summed E-state index contributed by atoms with van der Waals surface area (Å²) in [7, 11) is 2.93. The Morgan fingerprint density at radius 2 is 1.65 bits per heavy atom. The van der Waals surface area contributed by atoms with E-state index in [2.05, 4.69) is 0 Å². The summed E-state index contributed by atoms with van der Waals surface area (Å²) < 4.78 is 15.8. The number of allylic oxidation sites excluding steroid dienone is 1. The molecule has 0 saturated heterocycles. The number of aliphatic hydroxyl groups is 1. The summed E-state index contributed by atoms with van der Waals surface area (Å²) >= 11 is 0. The second-order valence-corrected chi connectivity index (χ2v) is 8.01. The molecule has 0 bridgehead atoms. The molecule has 2 aromatic rings. The molecule has 31 heavy (non-hydrogen) atoms. The summed E-state index contributed by atoms with van der Waals surface area (Å²) in [4.78, 5) is 37.7. The molecule has 0 atom stereocenters. The first kappa shape index (κ1) is 22.1. The molecule has 0 unspecified atom stereocenters. The number of ether oxygens (including phenoxy) is 3. The molecule has 0 spiro atoms. The maximum atomic E-state index is 12.6. The zero-order valence-corrected chi connectivity index (χ0v) is 17.9. The van der Waals surface area contributed by atoms with Gasteiger partial charge < -0.3 is 19.3 Å². The number of rotatable bonds is 7. The normalized spacial score (nSPS) is 13.7. The average Bonchev–Trinajstić information content (AvgIpc) is 2.78. The molecule has 7 nitrogen and oxygen atoms in total. The van der Waals surface area contributed by atoms with Crippen molar-refractivity contribution < 1.29 is 33.7 Å². The number of carbonyl (C=O) groups is 3. The van der Waals surface area contributed by atoms with Crippen LogP contribution in [0.2, 0.25) is 0 Å². The smallest absolute Gasteiger partial charge is 0.342 e. The van der Waals surface area contributed by atoms with Crippen LogP contribution in [-0.2, 0) is 9.53 Å². The summed E-state index contributed by atoms with van der Waals surface area (Å²) in [6, 6.07) is 11.2. The van der Waals surface area contributed by atoms with Crippen molar-refractivity contribution in [1.29, 1.82) is 0 Å². The average molecular weight is 424 g/mol. The van der Waals surface area contributed by atoms with Crippen molar-refractivity contribution >= 4 is 23.3 Å². The lowest BCUT2D eigenvalue weighted by atomic mass is 9.79. The molecule has 1 aliphatic rings. The van der Waals surface area contributed by atoms with Gasteiger partial charge in [0.05, 0.1) is 20.8 Å². The highest BCUT2D eigenvalue weighted by Crippen LogP contribution is 2.35. The van der Waals surface area contributed by atoms with Gasteiger partial charge in [-0.2, -0.15) is 0 Å². The number of hydrogen-bond donors (Lipinski definition) is 1. The number of benzene rings is 2. The summed E-state index contributed by atoms with van der Waals surface area (Å²) in [6.07, 6.45) is 0.0558. The largest absolute Gasteiger partial charge is 0.507 e. The highest BCUT2D eigenvalue weighted by atomic mass is 16.5. The molecule has 0 aliphatic heterocycles. The van der Waals surface area contributed by atoms with E-state index >= 15 is 0 Å². The van der Waals surface area contributed by atoms with Crippen molar-refractivity contribution in [3.05, 3.63) is 64.7 Å². The summed E-state index contributed by atoms with van der Waals surface area (Å²) in [6.45, 7) is 3.51. The topological polar surface area (TPSA) is 99.1 Å². The Labute approximate surface area is 180 Å². The SMILES string of the molecule is COc1ccc(OC)c(C(=O)OCC(C)(C)CC2=C(O)c3ccccc3C(=O)C2=O)c1. The van der Waals surface area contributed by atoms with E-state index in [-0.39, 0.29) is 35.5 Å². The number of aliphatic hydroxyl groups excluding tert-OH is 1. The van der Waals surface area contributed by atoms with Crippen LogP contribution in [0.25, 0.3) is 5.76 Å². The first-order valence-corrected chi connectivity index (χ1v) is 9.68. The molecule has 0 amide bonds. The van der Waals surface area contributed by atoms with E-state index in [9.17, 15) is 19.5 Å². The predicted octanol–water partition coefficient (Wildman–Crippen LogP) is 4.01. The van der Waals surface area contributed by atoms with E-state index in [1.165, 1.54) is 26.4 Å². The van der Waals surface area contributed by atoms with Gasteiger partial charge in [-0.15, -0.1) is 0 Å². The van der Waals surface area contributed by atoms with Gasteiger partial charge in [0.2, 0.25) is 11.6 Å². The van der Waals surface area contributed by atoms with Crippen molar-refractivity contribution in [2.45, 2.75) is 20.3 Å². The van der Waals surface area contributed by atoms with Crippen LogP contribution in [-0.4, -0.2) is 43.5 Å². The van der Waals surface area contributed by atoms with Gasteiger partial charge >= 0.3 is 5.97 Å². The molecule has 0 saturated carbocycles. The third-order valence-electron chi connectivity index (χ3n) is 5.07. The van der Waals surface area contributed by atoms with E-state index in [4.69, 9.17) is 14.2 Å². The predicted molar refractivity (Wildman–Crippen MR) is 114 cm³/mol. The fourth-order valence-electron chi connectivity index (χ4n) is 3.42. The maximum Gasteiger partial charge on any atom is 0.342 e. The Hall–Kier alpha value is -3.61. The lowest BCUT2D eigenvalue weighted by Gasteiger charge is -2.27. The fraction of sp³-hybridized carbons (Fsp3) is 0.292. The van der Waals surface area contributed by atoms with Crippen molar-refractivity contribution in [3.63, 3.8) is 0 Å². The van der Waals surface area contributed by atoms with Gasteiger partial charge in [-0.3, -0.25) is 9.59 Å². The van der Waals surface area contributed by atoms with Crippen LogP contribution in [0.5, 0.6) is 11.5 Å². The fourth-order valence-corrected chi connectivity index (χ4v) is 3.42. The Morgan fingerprint density at radius 1 is 0.968 bits per heavy atom. The minimum atomic E-state index is -0.745. The van der Waals surface area contributed by atoms with Crippen LogP contribution in [0.15, 0.2) is 48.0 Å². The van der Waals surface area contributed by atoms with Crippen LogP contribution in [0, 0.1) is 5.41 Å². The van der Waals surface area contributed by atoms with E-state index in [0.717, 1.165) is 0 Å². The number of hydrogen-bond acceptors (Lipinski definition) is 7. The summed E-state index contributed by atoms with van der Waals surface area (Å²) in [5.41, 5.74) is 0.00760. The Bertz CT molecular complexity index is 1080. The Morgan fingerprint density at radius 3 is 2.29 bits per heavy atom. The highest BCUT2D eigenvalue weighted by Gasteiger charge is 2.36. The number of methoxy groups -OCH3 is 2. The number of carbonyl (C=O) groups excluding carboxylic acids is 3. The molecule has 2 aromatic carbocycles. The zero-order valence-electron chi connectivity index (χ0n) is 17.9. The van der Waals surface area contributed by atoms with Gasteiger partial charge in [-0.1, -0.05) is 38.1 Å². The quantitative estimate of drug-likeness (QED) is 0.529. The van der Waals surface area contributed by atoms with Gasteiger partial charge in [0.1, 0.15) is 22.8 Å². The standard InChI is InChI=1S/C24H24O7/c1-24(2,13-31-23(28)17-11-14(29-3)9-10-19(17)30-4)12-18-20(25)15-7-5-6-8-16(15)21(26)22(18)27/h5-11,25H,12-13H2,1-4H3. The van der Waals surface area contributed by atoms with Crippen molar-refractivity contribution in [3.8, 4) is 11.5 Å². The van der Waals surface area contributed by atoms with Gasteiger partial charge in [-0.25, -0.2) is 4.79 Å². The van der Waals surface area contributed by atoms with Crippen molar-refractivity contribution in [2.24, 2.45) is 5.41 Å². The first-order chi connectivity index (χ1) is 14.7. The molecule has 162 valence electrons. The minimum Gasteiger partial charge on any atom is -0.507 e. The molecule has 0 aromatic heterocycles. The highest BCUT2D eigenvalue weighted by molar-refractivity contribution is 6.52. The molecular weight excluding hydrogens is 400 g/mol. The molecule has 0 heterocycles. The third kappa shape index (κ3) is 4.45. The summed E-state index contributed by atoms with van der Waals surface area (Å²) in [5.74, 6) is -1.41. The molecule has 0 fully saturated rings. The Kier molecular flexibility index (Phi) is 6.15. The van der Waals surface area contributed by atoms with Crippen LogP contribution in [0.4, 0.5) is 0 Å². The van der Waals surface area contributed by atoms with Crippen LogP contribution in [0.3, 0.4) is 0 Å². The number of esters is 1. The lowest BCUT2D eigenvalue weighted by molar-refractivity contribution is -0.112. The van der Waals surface area contributed by atoms with Gasteiger partial charge in [-0.05, 0) is 24.6 Å². The molecule has 7 heteroatoms. The molecule has 1 N–H and O–H groups in total. The van der Waals surface area contributed by atoms with E-state index < -0.39 is 23.0 Å². The molecular formula is C24H24O7. The van der Waals surface area contributed by atoms with Crippen LogP contribution in [0.1, 0.15) is 46.5 Å². The first-order valence-electron chi connectivity index (χ1n) is 9.68. The Balaban J connectivity index is 1.79. The van der Waals surface area contributed by atoms with Gasteiger partial charge in [0.15, 0.2) is 0 Å². The van der Waals surface area contributed by atoms with Crippen molar-refractivity contribution in [1.82, 2.24) is 0 Å². The number of ketones is 2. The minimum absolute atomic E-state index is 0.0173. The van der Waals surface area contributed by atoms with Gasteiger partial charge in [0, 0.05) is 22.1 Å². The monoisotopic (exact) mass is 424 g/mol. The number of fused-ring (bicyclic) bond motifs is 1. The van der Waals surface area contributed by atoms with E-state index in [0.29, 0.717) is 17.1 Å². The zero-order chi connectivity index (χ0) is 22.8. The van der Waals surface area contributed by atoms with Gasteiger partial charge in [0.25, 0.3) is 0 Å². The molecule has 0 radical (unpaired) electrons. The van der Waals surface area contributed by atoms with Crippen LogP contribution < -0.4 is 9.47 Å². The molecule has 3 rings (SSSR count). The van der Waals surface area contributed by atoms with Crippen LogP contribution >= 0.6 is 0 Å². The second-order valence-electron chi connectivity index (χ2n) is 8.01. The lowest BCUT2D eigenvalue weighted by Crippen LogP contribution is -2.29. The molecule has 1 aliphatic carbocycles. The second kappa shape index (κ2) is 8.63.